The number of aliphatic hydroxyl groups excluding tert-OH is 1. The maximum absolute atomic E-state index is 10.3. The van der Waals surface area contributed by atoms with Gasteiger partial charge >= 0.3 is 17.9 Å². The van der Waals surface area contributed by atoms with E-state index in [4.69, 9.17) is 20.4 Å². The van der Waals surface area contributed by atoms with Crippen LogP contribution in [-0.4, -0.2) is 67.1 Å². The summed E-state index contributed by atoms with van der Waals surface area (Å²) in [4.78, 5) is 34.1. The normalized spacial score (nSPS) is 11.0. The van der Waals surface area contributed by atoms with Crippen molar-refractivity contribution in [3.8, 4) is 0 Å². The molecule has 0 saturated carbocycles. The Hall–Kier alpha value is -2.79. The third-order valence-corrected chi connectivity index (χ3v) is 5.18. The quantitative estimate of drug-likeness (QED) is 0.342. The number of carboxylic acid groups (broad SMARTS) is 3. The van der Waals surface area contributed by atoms with E-state index in [-0.39, 0.29) is 6.61 Å². The summed E-state index contributed by atoms with van der Waals surface area (Å²) in [5.41, 5.74) is -0.0911. The van der Waals surface area contributed by atoms with Gasteiger partial charge in [-0.15, -0.1) is 11.3 Å². The Kier molecular flexibility index (Phi) is 10.8. The van der Waals surface area contributed by atoms with Crippen molar-refractivity contribution in [3.05, 3.63) is 57.8 Å². The van der Waals surface area contributed by atoms with Gasteiger partial charge in [0.05, 0.1) is 19.4 Å². The number of carboxylic acids is 3. The summed E-state index contributed by atoms with van der Waals surface area (Å²) in [5, 5.41) is 45.1. The molecule has 0 aliphatic rings. The van der Waals surface area contributed by atoms with E-state index >= 15 is 0 Å². The van der Waals surface area contributed by atoms with Gasteiger partial charge in [-0.2, -0.15) is 0 Å². The predicted octanol–water partition coefficient (Wildman–Crippen LogP) is 1.80. The molecule has 9 nitrogen and oxygen atoms in total. The molecule has 0 bridgehead atoms. The summed E-state index contributed by atoms with van der Waals surface area (Å²) in [6.07, 6.45) is -2.29. The Labute approximate surface area is 183 Å². The zero-order valence-electron chi connectivity index (χ0n) is 17.1. The van der Waals surface area contributed by atoms with Gasteiger partial charge in [-0.25, -0.2) is 4.79 Å². The van der Waals surface area contributed by atoms with E-state index in [1.807, 2.05) is 0 Å². The molecule has 0 aliphatic heterocycles. The summed E-state index contributed by atoms with van der Waals surface area (Å²) in [6, 6.07) is 12.7. The standard InChI is InChI=1S/C15H19NOS.C6H8O7/c1-13-5-2-3-6-14(13)11-16(8-9-17)12-15-7-4-10-18-15;7-3(8)1-6(13,5(11)12)2-4(9)10/h2-7,10,17H,8-9,11-12H2,1H3;13H,1-2H2,(H,7,8)(H,9,10)(H,11,12). The Bertz CT molecular complexity index is 837. The first kappa shape index (κ1) is 26.2. The molecule has 170 valence electrons. The van der Waals surface area contributed by atoms with E-state index in [1.54, 1.807) is 11.3 Å². The Morgan fingerprint density at radius 2 is 1.58 bits per heavy atom. The highest BCUT2D eigenvalue weighted by molar-refractivity contribution is 7.09. The van der Waals surface area contributed by atoms with Crippen LogP contribution in [0.4, 0.5) is 0 Å². The van der Waals surface area contributed by atoms with Crippen LogP contribution in [0.3, 0.4) is 0 Å². The predicted molar refractivity (Wildman–Crippen MR) is 114 cm³/mol. The van der Waals surface area contributed by atoms with E-state index in [0.717, 1.165) is 13.1 Å². The van der Waals surface area contributed by atoms with Gasteiger partial charge < -0.3 is 25.5 Å². The fourth-order valence-corrected chi connectivity index (χ4v) is 3.47. The molecule has 0 fully saturated rings. The molecule has 10 heteroatoms. The minimum absolute atomic E-state index is 0.206. The first-order valence-electron chi connectivity index (χ1n) is 9.37. The molecule has 0 radical (unpaired) electrons. The van der Waals surface area contributed by atoms with Crippen LogP contribution in [-0.2, 0) is 27.5 Å². The summed E-state index contributed by atoms with van der Waals surface area (Å²) in [5.74, 6) is -5.02. The van der Waals surface area contributed by atoms with Gasteiger partial charge in [0.2, 0.25) is 0 Å². The molecule has 1 heterocycles. The molecule has 31 heavy (non-hydrogen) atoms. The van der Waals surface area contributed by atoms with Crippen molar-refractivity contribution < 1.29 is 39.9 Å². The number of aliphatic hydroxyl groups is 2. The smallest absolute Gasteiger partial charge is 0.336 e. The third-order valence-electron chi connectivity index (χ3n) is 4.32. The molecule has 0 unspecified atom stereocenters. The molecular formula is C21H27NO8S. The van der Waals surface area contributed by atoms with Crippen molar-refractivity contribution in [2.75, 3.05) is 13.2 Å². The highest BCUT2D eigenvalue weighted by Crippen LogP contribution is 2.16. The Morgan fingerprint density at radius 3 is 2.03 bits per heavy atom. The number of hydrogen-bond acceptors (Lipinski definition) is 7. The van der Waals surface area contributed by atoms with Gasteiger partial charge in [0.25, 0.3) is 0 Å². The average molecular weight is 454 g/mol. The van der Waals surface area contributed by atoms with Crippen LogP contribution >= 0.6 is 11.3 Å². The lowest BCUT2D eigenvalue weighted by atomic mass is 9.96. The van der Waals surface area contributed by atoms with Crippen LogP contribution < -0.4 is 0 Å². The fourth-order valence-electron chi connectivity index (χ4n) is 2.72. The fraction of sp³-hybridized carbons (Fsp3) is 0.381. The number of hydrogen-bond donors (Lipinski definition) is 5. The lowest BCUT2D eigenvalue weighted by Gasteiger charge is -2.21. The van der Waals surface area contributed by atoms with Gasteiger partial charge in [0.15, 0.2) is 5.60 Å². The van der Waals surface area contributed by atoms with Crippen molar-refractivity contribution >= 4 is 29.2 Å². The van der Waals surface area contributed by atoms with Crippen LogP contribution in [0.1, 0.15) is 28.8 Å². The van der Waals surface area contributed by atoms with Crippen LogP contribution in [0, 0.1) is 6.92 Å². The van der Waals surface area contributed by atoms with Gasteiger partial charge in [0, 0.05) is 24.5 Å². The van der Waals surface area contributed by atoms with Crippen molar-refractivity contribution in [1.29, 1.82) is 0 Å². The van der Waals surface area contributed by atoms with E-state index in [0.29, 0.717) is 6.54 Å². The van der Waals surface area contributed by atoms with Gasteiger partial charge in [-0.3, -0.25) is 14.5 Å². The monoisotopic (exact) mass is 453 g/mol. The zero-order chi connectivity index (χ0) is 23.4. The van der Waals surface area contributed by atoms with Crippen LogP contribution in [0.2, 0.25) is 0 Å². The molecule has 0 atom stereocenters. The summed E-state index contributed by atoms with van der Waals surface area (Å²) in [6.45, 7) is 4.86. The molecule has 0 aliphatic carbocycles. The van der Waals surface area contributed by atoms with Crippen molar-refractivity contribution in [3.63, 3.8) is 0 Å². The summed E-state index contributed by atoms with van der Waals surface area (Å²) >= 11 is 1.77. The van der Waals surface area contributed by atoms with Gasteiger partial charge in [-0.05, 0) is 29.5 Å². The highest BCUT2D eigenvalue weighted by atomic mass is 32.1. The van der Waals surface area contributed by atoms with E-state index in [9.17, 15) is 19.5 Å². The minimum Gasteiger partial charge on any atom is -0.481 e. The molecule has 2 aromatic rings. The molecule has 5 N–H and O–H groups in total. The lowest BCUT2D eigenvalue weighted by molar-refractivity contribution is -0.170. The SMILES string of the molecule is Cc1ccccc1CN(CCO)Cc1cccs1.O=C(O)CC(O)(CC(=O)O)C(=O)O. The van der Waals surface area contributed by atoms with Crippen LogP contribution in [0.5, 0.6) is 0 Å². The van der Waals surface area contributed by atoms with Gasteiger partial charge in [-0.1, -0.05) is 30.3 Å². The zero-order valence-corrected chi connectivity index (χ0v) is 17.9. The Morgan fingerprint density at radius 1 is 0.968 bits per heavy atom. The maximum atomic E-state index is 10.3. The molecule has 0 spiro atoms. The number of rotatable bonds is 11. The minimum atomic E-state index is -2.74. The summed E-state index contributed by atoms with van der Waals surface area (Å²) < 4.78 is 0. The molecule has 2 rings (SSSR count). The lowest BCUT2D eigenvalue weighted by Crippen LogP contribution is -2.42. The van der Waals surface area contributed by atoms with Crippen molar-refractivity contribution in [1.82, 2.24) is 4.90 Å². The molecular weight excluding hydrogens is 426 g/mol. The van der Waals surface area contributed by atoms with Gasteiger partial charge in [0.1, 0.15) is 0 Å². The number of carbonyl (C=O) groups is 3. The highest BCUT2D eigenvalue weighted by Gasteiger charge is 2.40. The number of thiophene rings is 1. The molecule has 0 amide bonds. The second-order valence-electron chi connectivity index (χ2n) is 6.92. The first-order chi connectivity index (χ1) is 14.6. The van der Waals surface area contributed by atoms with Crippen LogP contribution in [0.15, 0.2) is 41.8 Å². The molecule has 0 saturated heterocycles. The molecule has 1 aromatic carbocycles. The number of aryl methyl sites for hydroxylation is 1. The van der Waals surface area contributed by atoms with Crippen molar-refractivity contribution in [2.45, 2.75) is 38.5 Å². The first-order valence-corrected chi connectivity index (χ1v) is 10.2. The number of aliphatic carboxylic acids is 3. The second-order valence-corrected chi connectivity index (χ2v) is 7.95. The van der Waals surface area contributed by atoms with Crippen LogP contribution in [0.25, 0.3) is 0 Å². The van der Waals surface area contributed by atoms with Crippen molar-refractivity contribution in [2.24, 2.45) is 0 Å². The second kappa shape index (κ2) is 12.8. The number of nitrogens with zero attached hydrogens (tertiary/aromatic N) is 1. The Balaban J connectivity index is 0.000000330. The molecule has 1 aromatic heterocycles. The van der Waals surface area contributed by atoms with E-state index < -0.39 is 36.4 Å². The maximum Gasteiger partial charge on any atom is 0.336 e. The number of benzene rings is 1. The third kappa shape index (κ3) is 9.71. The topological polar surface area (TPSA) is 156 Å². The largest absolute Gasteiger partial charge is 0.481 e. The average Bonchev–Trinajstić information content (AvgIpc) is 3.16. The van der Waals surface area contributed by atoms with E-state index in [1.165, 1.54) is 16.0 Å². The van der Waals surface area contributed by atoms with E-state index in [2.05, 4.69) is 53.6 Å². The summed E-state index contributed by atoms with van der Waals surface area (Å²) in [7, 11) is 0.